The van der Waals surface area contributed by atoms with Crippen LogP contribution in [-0.4, -0.2) is 53.6 Å². The van der Waals surface area contributed by atoms with Crippen molar-refractivity contribution < 1.29 is 9.53 Å². The molecule has 7 nitrogen and oxygen atoms in total. The molecular formula is C22H25N5O2S. The van der Waals surface area contributed by atoms with E-state index < -0.39 is 0 Å². The first-order valence-electron chi connectivity index (χ1n) is 10.0. The van der Waals surface area contributed by atoms with Crippen molar-refractivity contribution >= 4 is 28.4 Å². The van der Waals surface area contributed by atoms with Gasteiger partial charge < -0.3 is 19.9 Å². The third-order valence-corrected chi connectivity index (χ3v) is 5.85. The summed E-state index contributed by atoms with van der Waals surface area (Å²) in [6, 6.07) is 17.6. The molecule has 0 radical (unpaired) electrons. The van der Waals surface area contributed by atoms with Gasteiger partial charge in [-0.05, 0) is 24.1 Å². The van der Waals surface area contributed by atoms with E-state index in [9.17, 15) is 4.79 Å². The molecule has 0 unspecified atom stereocenters. The Morgan fingerprint density at radius 1 is 1.10 bits per heavy atom. The van der Waals surface area contributed by atoms with Crippen LogP contribution in [0.5, 0.6) is 5.75 Å². The van der Waals surface area contributed by atoms with Crippen LogP contribution < -0.4 is 15.0 Å². The maximum atomic E-state index is 12.7. The Balaban J connectivity index is 1.34. The van der Waals surface area contributed by atoms with E-state index in [2.05, 4.69) is 26.7 Å². The molecule has 30 heavy (non-hydrogen) atoms. The fourth-order valence-electron chi connectivity index (χ4n) is 3.44. The molecule has 0 bridgehead atoms. The van der Waals surface area contributed by atoms with Crippen molar-refractivity contribution in [3.8, 4) is 5.75 Å². The lowest BCUT2D eigenvalue weighted by Crippen LogP contribution is -2.38. The standard InChI is InChI=1S/C22H25N5O2S/c1-29-19-10-5-9-18(16-19)23-21(28)26-11-6-12-27(14-13-26)22-24-20(25-30-22)15-17-7-3-2-4-8-17/h2-5,7-10,16H,6,11-15H2,1H3,(H,23,28). The number of rotatable bonds is 5. The lowest BCUT2D eigenvalue weighted by atomic mass is 10.1. The largest absolute Gasteiger partial charge is 0.497 e. The summed E-state index contributed by atoms with van der Waals surface area (Å²) in [5, 5.41) is 3.89. The molecular weight excluding hydrogens is 398 g/mol. The van der Waals surface area contributed by atoms with E-state index in [0.29, 0.717) is 13.1 Å². The summed E-state index contributed by atoms with van der Waals surface area (Å²) in [7, 11) is 1.61. The normalized spacial score (nSPS) is 14.3. The molecule has 0 atom stereocenters. The molecule has 1 fully saturated rings. The Labute approximate surface area is 180 Å². The van der Waals surface area contributed by atoms with Crippen LogP contribution in [0.1, 0.15) is 17.8 Å². The number of urea groups is 1. The summed E-state index contributed by atoms with van der Waals surface area (Å²) in [5.74, 6) is 1.57. The molecule has 1 aromatic heterocycles. The molecule has 1 saturated heterocycles. The molecule has 0 saturated carbocycles. The topological polar surface area (TPSA) is 70.6 Å². The van der Waals surface area contributed by atoms with Crippen LogP contribution >= 0.6 is 11.5 Å². The Bertz CT molecular complexity index is 978. The number of benzene rings is 2. The van der Waals surface area contributed by atoms with Crippen molar-refractivity contribution in [3.63, 3.8) is 0 Å². The van der Waals surface area contributed by atoms with Gasteiger partial charge >= 0.3 is 6.03 Å². The number of anilines is 2. The lowest BCUT2D eigenvalue weighted by Gasteiger charge is -2.22. The van der Waals surface area contributed by atoms with Crippen LogP contribution in [0.25, 0.3) is 0 Å². The molecule has 4 rings (SSSR count). The number of hydrogen-bond acceptors (Lipinski definition) is 6. The highest BCUT2D eigenvalue weighted by molar-refractivity contribution is 7.09. The van der Waals surface area contributed by atoms with Gasteiger partial charge in [0.15, 0.2) is 0 Å². The SMILES string of the molecule is COc1cccc(NC(=O)N2CCCN(c3nc(Cc4ccccc4)ns3)CC2)c1. The van der Waals surface area contributed by atoms with Gasteiger partial charge in [-0.2, -0.15) is 4.37 Å². The average molecular weight is 424 g/mol. The number of ether oxygens (including phenoxy) is 1. The van der Waals surface area contributed by atoms with Gasteiger partial charge in [0.2, 0.25) is 5.13 Å². The molecule has 1 N–H and O–H groups in total. The van der Waals surface area contributed by atoms with Crippen LogP contribution in [-0.2, 0) is 6.42 Å². The number of aromatic nitrogens is 2. The fraction of sp³-hybridized carbons (Fsp3) is 0.318. The van der Waals surface area contributed by atoms with E-state index in [4.69, 9.17) is 9.72 Å². The Morgan fingerprint density at radius 3 is 2.80 bits per heavy atom. The second kappa shape index (κ2) is 9.58. The zero-order chi connectivity index (χ0) is 20.8. The Morgan fingerprint density at radius 2 is 1.97 bits per heavy atom. The van der Waals surface area contributed by atoms with Crippen LogP contribution in [0.15, 0.2) is 54.6 Å². The number of carbonyl (C=O) groups excluding carboxylic acids is 1. The average Bonchev–Trinajstić information content (AvgIpc) is 3.09. The second-order valence-electron chi connectivity index (χ2n) is 7.15. The van der Waals surface area contributed by atoms with Gasteiger partial charge in [-0.1, -0.05) is 36.4 Å². The molecule has 0 spiro atoms. The van der Waals surface area contributed by atoms with Crippen molar-refractivity contribution in [2.45, 2.75) is 12.8 Å². The monoisotopic (exact) mass is 423 g/mol. The highest BCUT2D eigenvalue weighted by Gasteiger charge is 2.21. The molecule has 8 heteroatoms. The quantitative estimate of drug-likeness (QED) is 0.674. The van der Waals surface area contributed by atoms with Gasteiger partial charge in [-0.15, -0.1) is 0 Å². The predicted molar refractivity (Wildman–Crippen MR) is 120 cm³/mol. The minimum atomic E-state index is -0.0906. The third kappa shape index (κ3) is 5.07. The van der Waals surface area contributed by atoms with Crippen molar-refractivity contribution in [2.24, 2.45) is 0 Å². The zero-order valence-corrected chi connectivity index (χ0v) is 17.8. The molecule has 2 amide bonds. The number of hydrogen-bond donors (Lipinski definition) is 1. The Kier molecular flexibility index (Phi) is 6.44. The predicted octanol–water partition coefficient (Wildman–Crippen LogP) is 3.88. The first-order valence-corrected chi connectivity index (χ1v) is 10.8. The first kappa shape index (κ1) is 20.2. The molecule has 2 heterocycles. The second-order valence-corrected chi connectivity index (χ2v) is 7.88. The summed E-state index contributed by atoms with van der Waals surface area (Å²) in [5.41, 5.74) is 1.94. The van der Waals surface area contributed by atoms with Crippen molar-refractivity contribution in [1.82, 2.24) is 14.3 Å². The highest BCUT2D eigenvalue weighted by atomic mass is 32.1. The summed E-state index contributed by atoms with van der Waals surface area (Å²) in [6.07, 6.45) is 1.62. The summed E-state index contributed by atoms with van der Waals surface area (Å²) in [4.78, 5) is 21.5. The minimum Gasteiger partial charge on any atom is -0.497 e. The Hall–Kier alpha value is -3.13. The summed E-state index contributed by atoms with van der Waals surface area (Å²) in [6.45, 7) is 2.96. The van der Waals surface area contributed by atoms with Gasteiger partial charge in [-0.3, -0.25) is 0 Å². The van der Waals surface area contributed by atoms with E-state index in [-0.39, 0.29) is 6.03 Å². The van der Waals surface area contributed by atoms with Crippen molar-refractivity contribution in [2.75, 3.05) is 43.5 Å². The van der Waals surface area contributed by atoms with Gasteiger partial charge in [0.1, 0.15) is 11.6 Å². The van der Waals surface area contributed by atoms with Crippen molar-refractivity contribution in [3.05, 3.63) is 66.0 Å². The summed E-state index contributed by atoms with van der Waals surface area (Å²) >= 11 is 1.43. The van der Waals surface area contributed by atoms with Crippen molar-refractivity contribution in [1.29, 1.82) is 0 Å². The molecule has 156 valence electrons. The highest BCUT2D eigenvalue weighted by Crippen LogP contribution is 2.21. The summed E-state index contributed by atoms with van der Waals surface area (Å²) < 4.78 is 9.75. The smallest absolute Gasteiger partial charge is 0.321 e. The maximum Gasteiger partial charge on any atom is 0.321 e. The fourth-order valence-corrected chi connectivity index (χ4v) is 4.18. The number of methoxy groups -OCH3 is 1. The first-order chi connectivity index (χ1) is 14.7. The van der Waals surface area contributed by atoms with E-state index in [1.165, 1.54) is 17.1 Å². The maximum absolute atomic E-state index is 12.7. The molecule has 1 aliphatic heterocycles. The molecule has 0 aliphatic carbocycles. The van der Waals surface area contributed by atoms with Gasteiger partial charge in [0.05, 0.1) is 7.11 Å². The van der Waals surface area contributed by atoms with Crippen LogP contribution in [0.2, 0.25) is 0 Å². The van der Waals surface area contributed by atoms with Gasteiger partial charge in [-0.25, -0.2) is 9.78 Å². The van der Waals surface area contributed by atoms with Crippen LogP contribution in [0, 0.1) is 0 Å². The van der Waals surface area contributed by atoms with Crippen LogP contribution in [0.3, 0.4) is 0 Å². The number of amides is 2. The molecule has 3 aromatic rings. The number of nitrogens with one attached hydrogen (secondary N) is 1. The van der Waals surface area contributed by atoms with Gasteiger partial charge in [0, 0.05) is 55.9 Å². The van der Waals surface area contributed by atoms with E-state index >= 15 is 0 Å². The molecule has 2 aromatic carbocycles. The van der Waals surface area contributed by atoms with E-state index in [0.717, 1.165) is 48.3 Å². The number of nitrogens with zero attached hydrogens (tertiary/aromatic N) is 4. The van der Waals surface area contributed by atoms with Crippen LogP contribution in [0.4, 0.5) is 15.6 Å². The number of carbonyl (C=O) groups is 1. The zero-order valence-electron chi connectivity index (χ0n) is 17.0. The van der Waals surface area contributed by atoms with E-state index in [1.807, 2.05) is 47.4 Å². The van der Waals surface area contributed by atoms with Gasteiger partial charge in [0.25, 0.3) is 0 Å². The molecule has 1 aliphatic rings. The third-order valence-electron chi connectivity index (χ3n) is 5.04. The van der Waals surface area contributed by atoms with E-state index in [1.54, 1.807) is 7.11 Å². The minimum absolute atomic E-state index is 0.0906. The lowest BCUT2D eigenvalue weighted by molar-refractivity contribution is 0.215.